The van der Waals surface area contributed by atoms with Crippen molar-refractivity contribution in [3.63, 3.8) is 0 Å². The first-order valence-electron chi connectivity index (χ1n) is 0. The van der Waals surface area contributed by atoms with Gasteiger partial charge < -0.3 is 50.9 Å². The molecule has 0 unspecified atom stereocenters. The summed E-state index contributed by atoms with van der Waals surface area (Å²) in [6.07, 6.45) is 0. The average Bonchev–Trinajstić information content (AvgIpc) is 0. The lowest BCUT2D eigenvalue weighted by Gasteiger charge is -1.00. The van der Waals surface area contributed by atoms with Crippen molar-refractivity contribution < 1.29 is 50.9 Å². The molecule has 0 aromatic rings. The summed E-state index contributed by atoms with van der Waals surface area (Å²) in [4.78, 5) is 0. The Morgan fingerprint density at radius 2 is 0.500 bits per heavy atom. The monoisotopic (exact) mass is 248 g/mol. The zero-order valence-electron chi connectivity index (χ0n) is 1.71. The van der Waals surface area contributed by atoms with Crippen LogP contribution in [0.4, 0.5) is 0 Å². The zero-order valence-corrected chi connectivity index (χ0v) is 6.47. The highest BCUT2D eigenvalue weighted by atomic mass is 79.9. The highest BCUT2D eigenvalue weighted by Gasteiger charge is 0.00000301. The highest BCUT2D eigenvalue weighted by Crippen LogP contribution is -0.381. The van der Waals surface area contributed by atoms with Crippen LogP contribution in [0.15, 0.2) is 0 Å². The lowest BCUT2D eigenvalue weighted by molar-refractivity contribution is -0.00100. The summed E-state index contributed by atoms with van der Waals surface area (Å²) in [6.45, 7) is 0. The Morgan fingerprint density at radius 1 is 0.500 bits per heavy atom. The summed E-state index contributed by atoms with van der Waals surface area (Å²) in [5, 5.41) is 0. The van der Waals surface area contributed by atoms with Crippen LogP contribution in [-0.4, -0.2) is 8.41 Å². The van der Waals surface area contributed by atoms with Crippen molar-refractivity contribution in [1.82, 2.24) is 0 Å². The quantitative estimate of drug-likeness (QED) is 0.375. The van der Waals surface area contributed by atoms with E-state index in [2.05, 4.69) is 0 Å². The van der Waals surface area contributed by atoms with Gasteiger partial charge >= 0.3 is 0 Å². The standard InChI is InChI=1S/B.3BrH/h;3*1H/p-3. The normalized spacial score (nSPS) is 0. The maximum atomic E-state index is 0. The van der Waals surface area contributed by atoms with Gasteiger partial charge in [-0.2, -0.15) is 0 Å². The van der Waals surface area contributed by atoms with Crippen molar-refractivity contribution in [1.29, 1.82) is 0 Å². The van der Waals surface area contributed by atoms with Gasteiger partial charge in [-0.05, 0) is 0 Å². The minimum atomic E-state index is 0. The fraction of sp³-hybridized carbons (Fsp3) is 0. The number of hydrogen-bond acceptors (Lipinski definition) is 0. The van der Waals surface area contributed by atoms with Crippen LogP contribution in [0.1, 0.15) is 0 Å². The number of halogens is 3. The lowest BCUT2D eigenvalue weighted by Crippen LogP contribution is -3.00. The third kappa shape index (κ3) is 9.71. The van der Waals surface area contributed by atoms with E-state index in [1.165, 1.54) is 0 Å². The zero-order chi connectivity index (χ0) is 0. The molecule has 0 nitrogen and oxygen atoms in total. The molecule has 4 heteroatoms. The summed E-state index contributed by atoms with van der Waals surface area (Å²) < 4.78 is 0. The Kier molecular flexibility index (Phi) is 301. The molecule has 0 spiro atoms. The summed E-state index contributed by atoms with van der Waals surface area (Å²) >= 11 is 0. The van der Waals surface area contributed by atoms with Gasteiger partial charge in [-0.1, -0.05) is 0 Å². The van der Waals surface area contributed by atoms with Crippen molar-refractivity contribution in [2.24, 2.45) is 0 Å². The first-order chi connectivity index (χ1) is 0. The largest absolute Gasteiger partial charge is 1.00 e. The Hall–Kier alpha value is 1.50. The maximum Gasteiger partial charge on any atom is 0 e. The molecule has 0 atom stereocenters. The van der Waals surface area contributed by atoms with Crippen LogP contribution in [0.2, 0.25) is 0 Å². The van der Waals surface area contributed by atoms with E-state index in [0.29, 0.717) is 0 Å². The van der Waals surface area contributed by atoms with Crippen LogP contribution in [0, 0.1) is 0 Å². The Balaban J connectivity index is 0. The van der Waals surface area contributed by atoms with Crippen LogP contribution in [0.5, 0.6) is 0 Å². The number of rotatable bonds is 0. The fourth-order valence-corrected chi connectivity index (χ4v) is 0. The van der Waals surface area contributed by atoms with E-state index < -0.39 is 0 Å². The van der Waals surface area contributed by atoms with Gasteiger partial charge in [0.05, 0.1) is 0 Å². The van der Waals surface area contributed by atoms with E-state index >= 15 is 0 Å². The molecule has 0 amide bonds. The predicted octanol–water partition coefficient (Wildman–Crippen LogP) is -9.37. The van der Waals surface area contributed by atoms with Crippen LogP contribution in [0.3, 0.4) is 0 Å². The predicted molar refractivity (Wildman–Crippen MR) is 5.75 cm³/mol. The molecule has 3 radical (unpaired) electrons. The highest BCUT2D eigenvalue weighted by molar-refractivity contribution is 5.75. The topological polar surface area (TPSA) is 0 Å². The summed E-state index contributed by atoms with van der Waals surface area (Å²) in [6, 6.07) is 0. The van der Waals surface area contributed by atoms with Crippen molar-refractivity contribution in [3.05, 3.63) is 0 Å². The van der Waals surface area contributed by atoms with E-state index in [1.54, 1.807) is 0 Å². The molecule has 4 heavy (non-hydrogen) atoms. The van der Waals surface area contributed by atoms with Gasteiger partial charge in [-0.25, -0.2) is 0 Å². The van der Waals surface area contributed by atoms with Gasteiger partial charge in [0, 0.05) is 8.41 Å². The molecule has 0 aliphatic rings. The molecule has 0 rings (SSSR count). The van der Waals surface area contributed by atoms with Gasteiger partial charge in [0.25, 0.3) is 0 Å². The Bertz CT molecular complexity index is 3.25. The molecule has 0 saturated carbocycles. The second-order valence-electron chi connectivity index (χ2n) is 0. The summed E-state index contributed by atoms with van der Waals surface area (Å²) in [7, 11) is 0. The molecule has 0 N–H and O–H groups in total. The molecule has 0 aliphatic heterocycles. The Morgan fingerprint density at radius 3 is 0.500 bits per heavy atom. The fourth-order valence-electron chi connectivity index (χ4n) is 0. The van der Waals surface area contributed by atoms with Crippen molar-refractivity contribution in [2.75, 3.05) is 0 Å². The number of hydrogen-bond donors (Lipinski definition) is 0. The summed E-state index contributed by atoms with van der Waals surface area (Å²) in [5.74, 6) is 0. The first-order valence-corrected chi connectivity index (χ1v) is 0. The van der Waals surface area contributed by atoms with Gasteiger partial charge in [-0.15, -0.1) is 0 Å². The molecule has 0 bridgehead atoms. The van der Waals surface area contributed by atoms with E-state index in [1.807, 2.05) is 0 Å². The van der Waals surface area contributed by atoms with E-state index in [9.17, 15) is 0 Å². The smallest absolute Gasteiger partial charge is 0 e. The summed E-state index contributed by atoms with van der Waals surface area (Å²) in [5.41, 5.74) is 0. The maximum absolute atomic E-state index is 0. The average molecular weight is 251 g/mol. The van der Waals surface area contributed by atoms with Crippen LogP contribution in [-0.2, 0) is 0 Å². The van der Waals surface area contributed by atoms with Gasteiger partial charge in [-0.3, -0.25) is 0 Å². The third-order valence-electron chi connectivity index (χ3n) is 0. The molecule has 0 aromatic heterocycles. The van der Waals surface area contributed by atoms with Gasteiger partial charge in [0.1, 0.15) is 0 Å². The molecular formula is BBr3-3. The van der Waals surface area contributed by atoms with Crippen LogP contribution < -0.4 is 50.9 Å². The first kappa shape index (κ1) is 49.3. The SMILES string of the molecule is [B].[Br-].[Br-].[Br-]. The molecular weight excluding hydrogens is 251 g/mol. The van der Waals surface area contributed by atoms with Gasteiger partial charge in [0.15, 0.2) is 0 Å². The molecule has 0 saturated heterocycles. The van der Waals surface area contributed by atoms with Crippen molar-refractivity contribution in [3.8, 4) is 0 Å². The van der Waals surface area contributed by atoms with Crippen LogP contribution in [0.25, 0.3) is 0 Å². The lowest BCUT2D eigenvalue weighted by atomic mass is 10.8. The van der Waals surface area contributed by atoms with Crippen LogP contribution >= 0.6 is 0 Å². The van der Waals surface area contributed by atoms with E-state index in [4.69, 9.17) is 0 Å². The second kappa shape index (κ2) is 24.4. The van der Waals surface area contributed by atoms with Gasteiger partial charge in [0.2, 0.25) is 0 Å². The van der Waals surface area contributed by atoms with Crippen molar-refractivity contribution in [2.45, 2.75) is 0 Å². The molecule has 0 aromatic carbocycles. The second-order valence-corrected chi connectivity index (χ2v) is 0. The minimum Gasteiger partial charge on any atom is -1.00 e. The molecule has 0 fully saturated rings. The third-order valence-corrected chi connectivity index (χ3v) is 0. The molecule has 0 aliphatic carbocycles. The molecule has 0 heterocycles. The minimum absolute atomic E-state index is 0. The van der Waals surface area contributed by atoms with E-state index in [0.717, 1.165) is 0 Å². The van der Waals surface area contributed by atoms with E-state index in [-0.39, 0.29) is 59.4 Å². The molecule has 27 valence electrons. The van der Waals surface area contributed by atoms with Crippen molar-refractivity contribution >= 4 is 8.41 Å². The Labute approximate surface area is 59.2 Å².